The Morgan fingerprint density at radius 3 is 2.38 bits per heavy atom. The zero-order valence-electron chi connectivity index (χ0n) is 19.7. The molecule has 5 rings (SSSR count). The Morgan fingerprint density at radius 1 is 0.892 bits per heavy atom. The van der Waals surface area contributed by atoms with Crippen molar-refractivity contribution in [2.75, 3.05) is 12.4 Å². The lowest BCUT2D eigenvalue weighted by Gasteiger charge is -2.13. The van der Waals surface area contributed by atoms with E-state index in [0.29, 0.717) is 33.1 Å². The molecule has 7 nitrogen and oxygen atoms in total. The van der Waals surface area contributed by atoms with E-state index < -0.39 is 18.5 Å². The van der Waals surface area contributed by atoms with E-state index in [4.69, 9.17) is 4.74 Å². The van der Waals surface area contributed by atoms with Crippen LogP contribution in [0.15, 0.2) is 101 Å². The third-order valence-electron chi connectivity index (χ3n) is 5.50. The summed E-state index contributed by atoms with van der Waals surface area (Å²) in [7, 11) is 0. The minimum absolute atomic E-state index is 0.340. The van der Waals surface area contributed by atoms with Crippen LogP contribution in [-0.2, 0) is 9.53 Å². The van der Waals surface area contributed by atoms with Crippen LogP contribution in [0.25, 0.3) is 23.1 Å². The highest BCUT2D eigenvalue weighted by molar-refractivity contribution is 8.14. The molecule has 0 radical (unpaired) electrons. The van der Waals surface area contributed by atoms with Crippen molar-refractivity contribution in [3.63, 3.8) is 0 Å². The number of rotatable bonds is 6. The fourth-order valence-electron chi connectivity index (χ4n) is 3.69. The third-order valence-corrected chi connectivity index (χ3v) is 6.37. The molecule has 1 aliphatic rings. The smallest absolute Gasteiger partial charge is 0.339 e. The molecule has 1 aromatic heterocycles. The largest absolute Gasteiger partial charge is 0.452 e. The Balaban J connectivity index is 1.25. The van der Waals surface area contributed by atoms with Crippen molar-refractivity contribution in [2.24, 2.45) is 10.2 Å². The summed E-state index contributed by atoms with van der Waals surface area (Å²) in [6, 6.07) is 28.5. The van der Waals surface area contributed by atoms with Crippen molar-refractivity contribution in [2.45, 2.75) is 0 Å². The van der Waals surface area contributed by atoms with Crippen LogP contribution in [0.3, 0.4) is 0 Å². The molecule has 0 unspecified atom stereocenters. The standard InChI is InChI=1S/C29H22N4O3S/c34-27(31-29-33-32-26(19-37-29)21-11-5-2-6-12-21)18-36-28(35)24-17-22(16-15-20-9-3-1-4-10-20)30-25-14-8-7-13-23(24)25/h1-17H,18-19H2,(H,31,33,34). The van der Waals surface area contributed by atoms with Gasteiger partial charge in [-0.15, -0.1) is 5.10 Å². The van der Waals surface area contributed by atoms with Crippen LogP contribution in [-0.4, -0.2) is 40.1 Å². The number of amides is 1. The number of hydrogen-bond acceptors (Lipinski definition) is 7. The third kappa shape index (κ3) is 6.17. The topological polar surface area (TPSA) is 93.0 Å². The van der Waals surface area contributed by atoms with Crippen LogP contribution in [0.1, 0.15) is 27.2 Å². The summed E-state index contributed by atoms with van der Waals surface area (Å²) in [5.74, 6) is -0.517. The maximum atomic E-state index is 13.0. The molecular weight excluding hydrogens is 484 g/mol. The predicted molar refractivity (Wildman–Crippen MR) is 148 cm³/mol. The Hall–Kier alpha value is -4.56. The molecule has 4 aromatic rings. The van der Waals surface area contributed by atoms with Crippen molar-refractivity contribution in [1.29, 1.82) is 0 Å². The number of esters is 1. The number of thioether (sulfide) groups is 1. The van der Waals surface area contributed by atoms with Crippen molar-refractivity contribution in [3.8, 4) is 0 Å². The number of pyridine rings is 1. The van der Waals surface area contributed by atoms with Crippen molar-refractivity contribution >= 4 is 57.6 Å². The lowest BCUT2D eigenvalue weighted by Crippen LogP contribution is -2.34. The first-order valence-electron chi connectivity index (χ1n) is 11.6. The van der Waals surface area contributed by atoms with Gasteiger partial charge in [-0.1, -0.05) is 96.7 Å². The number of carbonyl (C=O) groups is 2. The molecule has 0 spiro atoms. The van der Waals surface area contributed by atoms with Crippen LogP contribution in [0.5, 0.6) is 0 Å². The fraction of sp³-hybridized carbons (Fsp3) is 0.0690. The molecule has 2 heterocycles. The van der Waals surface area contributed by atoms with Gasteiger partial charge in [-0.3, -0.25) is 4.79 Å². The SMILES string of the molecule is O=C(COC(=O)c1cc(C=Cc2ccccc2)nc2ccccc12)NC1=NN=C(c2ccccc2)CS1. The van der Waals surface area contributed by atoms with Gasteiger partial charge in [-0.05, 0) is 29.3 Å². The molecule has 37 heavy (non-hydrogen) atoms. The first kappa shape index (κ1) is 24.1. The monoisotopic (exact) mass is 506 g/mol. The number of aromatic nitrogens is 1. The lowest BCUT2D eigenvalue weighted by atomic mass is 10.1. The van der Waals surface area contributed by atoms with Crippen LogP contribution >= 0.6 is 11.8 Å². The molecule has 0 fully saturated rings. The van der Waals surface area contributed by atoms with Crippen LogP contribution in [0.2, 0.25) is 0 Å². The Labute approximate surface area is 218 Å². The molecule has 8 heteroatoms. The number of nitrogens with zero attached hydrogens (tertiary/aromatic N) is 3. The number of fused-ring (bicyclic) bond motifs is 1. The fourth-order valence-corrected chi connectivity index (χ4v) is 4.48. The number of benzene rings is 3. The second kappa shape index (κ2) is 11.5. The minimum atomic E-state index is -0.606. The van der Waals surface area contributed by atoms with E-state index in [0.717, 1.165) is 16.8 Å². The Bertz CT molecular complexity index is 1530. The molecule has 3 aromatic carbocycles. The summed E-state index contributed by atoms with van der Waals surface area (Å²) in [5, 5.41) is 12.0. The Morgan fingerprint density at radius 2 is 1.62 bits per heavy atom. The summed E-state index contributed by atoms with van der Waals surface area (Å²) in [6.07, 6.45) is 3.77. The van der Waals surface area contributed by atoms with E-state index in [2.05, 4.69) is 20.5 Å². The molecule has 0 aliphatic carbocycles. The van der Waals surface area contributed by atoms with Gasteiger partial charge in [0.25, 0.3) is 5.91 Å². The number of hydrogen-bond donors (Lipinski definition) is 1. The number of amidine groups is 1. The average Bonchev–Trinajstić information content (AvgIpc) is 2.96. The van der Waals surface area contributed by atoms with Crippen LogP contribution < -0.4 is 5.32 Å². The number of ether oxygens (including phenoxy) is 1. The second-order valence-electron chi connectivity index (χ2n) is 8.09. The van der Waals surface area contributed by atoms with Crippen molar-refractivity contribution in [3.05, 3.63) is 113 Å². The summed E-state index contributed by atoms with van der Waals surface area (Å²) in [6.45, 7) is -0.445. The molecule has 1 aliphatic heterocycles. The predicted octanol–water partition coefficient (Wildman–Crippen LogP) is 5.19. The highest BCUT2D eigenvalue weighted by atomic mass is 32.2. The van der Waals surface area contributed by atoms with E-state index in [9.17, 15) is 9.59 Å². The maximum absolute atomic E-state index is 13.0. The van der Waals surface area contributed by atoms with Gasteiger partial charge in [0.2, 0.25) is 0 Å². The van der Waals surface area contributed by atoms with Crippen molar-refractivity contribution < 1.29 is 14.3 Å². The zero-order chi connectivity index (χ0) is 25.5. The maximum Gasteiger partial charge on any atom is 0.339 e. The van der Waals surface area contributed by atoms with E-state index in [1.165, 1.54) is 11.8 Å². The second-order valence-corrected chi connectivity index (χ2v) is 9.05. The highest BCUT2D eigenvalue weighted by Crippen LogP contribution is 2.21. The van der Waals surface area contributed by atoms with Crippen LogP contribution in [0.4, 0.5) is 0 Å². The number of para-hydroxylation sites is 1. The minimum Gasteiger partial charge on any atom is -0.452 e. The van der Waals surface area contributed by atoms with Gasteiger partial charge in [0, 0.05) is 11.1 Å². The lowest BCUT2D eigenvalue weighted by molar-refractivity contribution is -0.122. The molecule has 0 atom stereocenters. The van der Waals surface area contributed by atoms with Crippen molar-refractivity contribution in [1.82, 2.24) is 10.3 Å². The molecule has 0 bridgehead atoms. The van der Waals surface area contributed by atoms with Gasteiger partial charge in [0.15, 0.2) is 11.8 Å². The summed E-state index contributed by atoms with van der Waals surface area (Å²) in [5.41, 5.74) is 4.44. The zero-order valence-corrected chi connectivity index (χ0v) is 20.5. The average molecular weight is 507 g/mol. The van der Waals surface area contributed by atoms with Crippen LogP contribution in [0, 0.1) is 0 Å². The molecule has 0 saturated carbocycles. The van der Waals surface area contributed by atoms with E-state index in [-0.39, 0.29) is 0 Å². The van der Waals surface area contributed by atoms with E-state index in [1.807, 2.05) is 91.0 Å². The van der Waals surface area contributed by atoms with Gasteiger partial charge < -0.3 is 10.1 Å². The summed E-state index contributed by atoms with van der Waals surface area (Å²) in [4.78, 5) is 30.0. The summed E-state index contributed by atoms with van der Waals surface area (Å²) >= 11 is 1.36. The normalized spacial score (nSPS) is 13.2. The number of carbonyl (C=O) groups excluding carboxylic acids is 2. The molecule has 0 saturated heterocycles. The van der Waals surface area contributed by atoms with Gasteiger partial charge in [0.05, 0.1) is 22.5 Å². The molecule has 182 valence electrons. The summed E-state index contributed by atoms with van der Waals surface area (Å²) < 4.78 is 5.34. The molecular formula is C29H22N4O3S. The van der Waals surface area contributed by atoms with Gasteiger partial charge in [-0.2, -0.15) is 5.10 Å². The van der Waals surface area contributed by atoms with E-state index >= 15 is 0 Å². The van der Waals surface area contributed by atoms with Gasteiger partial charge in [-0.25, -0.2) is 9.78 Å². The van der Waals surface area contributed by atoms with E-state index in [1.54, 1.807) is 12.1 Å². The first-order valence-corrected chi connectivity index (χ1v) is 12.6. The van der Waals surface area contributed by atoms with Gasteiger partial charge in [0.1, 0.15) is 0 Å². The molecule has 1 amide bonds. The molecule has 1 N–H and O–H groups in total. The van der Waals surface area contributed by atoms with Gasteiger partial charge >= 0.3 is 5.97 Å². The number of nitrogens with one attached hydrogen (secondary N) is 1. The quantitative estimate of drug-likeness (QED) is 0.364. The first-order chi connectivity index (χ1) is 18.2. The Kier molecular flexibility index (Phi) is 7.47. The highest BCUT2D eigenvalue weighted by Gasteiger charge is 2.18.